The number of hydrogen-bond donors (Lipinski definition) is 1. The van der Waals surface area contributed by atoms with E-state index in [1.165, 1.54) is 0 Å². The van der Waals surface area contributed by atoms with Crippen molar-refractivity contribution in [3.8, 4) is 0 Å². The minimum Gasteiger partial charge on any atom is -0.346 e. The van der Waals surface area contributed by atoms with Crippen molar-refractivity contribution in [1.29, 1.82) is 0 Å². The van der Waals surface area contributed by atoms with E-state index in [1.807, 2.05) is 56.4 Å². The molecule has 0 spiro atoms. The van der Waals surface area contributed by atoms with Crippen LogP contribution in [-0.2, 0) is 6.54 Å². The second-order valence-corrected chi connectivity index (χ2v) is 4.77. The first-order valence-electron chi connectivity index (χ1n) is 6.93. The number of fused-ring (bicyclic) bond motifs is 1. The second-order valence-electron chi connectivity index (χ2n) is 4.77. The van der Waals surface area contributed by atoms with Crippen LogP contribution in [0.3, 0.4) is 0 Å². The Kier molecular flexibility index (Phi) is 3.73. The fourth-order valence-corrected chi connectivity index (χ4v) is 2.26. The predicted octanol–water partition coefficient (Wildman–Crippen LogP) is 0.109. The van der Waals surface area contributed by atoms with Crippen LogP contribution in [0.2, 0.25) is 0 Å². The van der Waals surface area contributed by atoms with E-state index in [4.69, 9.17) is 0 Å². The normalized spacial score (nSPS) is 10.5. The summed E-state index contributed by atoms with van der Waals surface area (Å²) in [5.74, 6) is -0.0992. The zero-order chi connectivity index (χ0) is 14.7. The van der Waals surface area contributed by atoms with Crippen LogP contribution in [0.1, 0.15) is 16.1 Å². The fourth-order valence-electron chi connectivity index (χ4n) is 2.26. The van der Waals surface area contributed by atoms with Gasteiger partial charge in [-0.3, -0.25) is 4.79 Å². The number of benzene rings is 2. The van der Waals surface area contributed by atoms with Gasteiger partial charge in [-0.05, 0) is 16.8 Å². The van der Waals surface area contributed by atoms with Gasteiger partial charge in [0.15, 0.2) is 0 Å². The van der Waals surface area contributed by atoms with Crippen molar-refractivity contribution in [2.24, 2.45) is 0 Å². The lowest BCUT2D eigenvalue weighted by Gasteiger charge is -2.06. The van der Waals surface area contributed by atoms with Gasteiger partial charge in [-0.2, -0.15) is 0 Å². The molecule has 0 atom stereocenters. The maximum Gasteiger partial charge on any atom is 0.252 e. The van der Waals surface area contributed by atoms with Gasteiger partial charge in [0, 0.05) is 11.8 Å². The topological polar surface area (TPSA) is 59.8 Å². The lowest BCUT2D eigenvalue weighted by Crippen LogP contribution is -2.23. The Hall–Kier alpha value is -2.56. The maximum atomic E-state index is 12.3. The minimum atomic E-state index is -0.0992. The van der Waals surface area contributed by atoms with Crippen molar-refractivity contribution in [1.82, 2.24) is 20.2 Å². The first-order valence-corrected chi connectivity index (χ1v) is 6.93. The van der Waals surface area contributed by atoms with Crippen LogP contribution in [0, 0.1) is 0 Å². The molecule has 0 bridgehead atoms. The van der Waals surface area contributed by atoms with Gasteiger partial charge >= 0.3 is 0 Å². The number of amides is 1. The van der Waals surface area contributed by atoms with Gasteiger partial charge in [0.2, 0.25) is 7.31 Å². The van der Waals surface area contributed by atoms with Crippen LogP contribution < -0.4 is 5.32 Å². The average Bonchev–Trinajstić information content (AvgIpc) is 3.00. The molecule has 2 aromatic carbocycles. The molecule has 102 valence electrons. The Morgan fingerprint density at radius 2 is 2.05 bits per heavy atom. The van der Waals surface area contributed by atoms with Gasteiger partial charge in [-0.15, -0.1) is 5.10 Å². The summed E-state index contributed by atoms with van der Waals surface area (Å²) in [7, 11) is 2.76. The molecule has 0 aliphatic rings. The summed E-state index contributed by atoms with van der Waals surface area (Å²) in [5.41, 5.74) is 1.43. The molecule has 1 N–H and O–H groups in total. The molecule has 0 unspecified atom stereocenters. The predicted molar refractivity (Wildman–Crippen MR) is 86.2 cm³/mol. The van der Waals surface area contributed by atoms with Crippen molar-refractivity contribution in [2.75, 3.05) is 0 Å². The smallest absolute Gasteiger partial charge is 0.252 e. The molecule has 0 radical (unpaired) electrons. The minimum absolute atomic E-state index is 0.0992. The molecule has 0 saturated carbocycles. The van der Waals surface area contributed by atoms with Crippen LogP contribution in [0.4, 0.5) is 0 Å². The molecule has 0 aliphatic carbocycles. The standard InChI is InChI=1S/C14H14B2N4O/c15-16-20-9-11(18-19-20)8-17-14(21)13-7-3-5-10-4-1-2-6-12(10)13/h1-7,9,16H,8,15H2,(H,17,21). The monoisotopic (exact) mass is 276 g/mol. The summed E-state index contributed by atoms with van der Waals surface area (Å²) in [6.07, 6.45) is 1.84. The van der Waals surface area contributed by atoms with Crippen molar-refractivity contribution in [3.05, 3.63) is 59.9 Å². The van der Waals surface area contributed by atoms with E-state index in [1.54, 1.807) is 4.59 Å². The van der Waals surface area contributed by atoms with Gasteiger partial charge in [-0.25, -0.2) is 0 Å². The largest absolute Gasteiger partial charge is 0.346 e. The van der Waals surface area contributed by atoms with E-state index in [0.717, 1.165) is 23.8 Å². The van der Waals surface area contributed by atoms with Crippen molar-refractivity contribution < 1.29 is 4.79 Å². The second kappa shape index (κ2) is 5.83. The van der Waals surface area contributed by atoms with Crippen LogP contribution >= 0.6 is 0 Å². The fraction of sp³-hybridized carbons (Fsp3) is 0.0714. The SMILES string of the molecule is BBn1cc(CNC(=O)c2cccc3ccccc23)nn1. The van der Waals surface area contributed by atoms with E-state index in [-0.39, 0.29) is 5.91 Å². The zero-order valence-corrected chi connectivity index (χ0v) is 11.8. The molecule has 7 heteroatoms. The number of aromatic nitrogens is 3. The highest BCUT2D eigenvalue weighted by molar-refractivity contribution is 6.88. The molecule has 1 aromatic heterocycles. The Labute approximate surface area is 124 Å². The first kappa shape index (κ1) is 13.4. The quantitative estimate of drug-likeness (QED) is 0.688. The number of nitrogens with one attached hydrogen (secondary N) is 1. The number of carbonyl (C=O) groups is 1. The third-order valence-electron chi connectivity index (χ3n) is 3.37. The van der Waals surface area contributed by atoms with Gasteiger partial charge in [0.1, 0.15) is 5.69 Å². The van der Waals surface area contributed by atoms with Crippen LogP contribution in [0.5, 0.6) is 0 Å². The highest BCUT2D eigenvalue weighted by Crippen LogP contribution is 2.18. The lowest BCUT2D eigenvalue weighted by atomic mass is 9.67. The van der Waals surface area contributed by atoms with E-state index in [9.17, 15) is 4.79 Å². The first-order chi connectivity index (χ1) is 10.3. The van der Waals surface area contributed by atoms with Crippen LogP contribution in [0.25, 0.3) is 10.8 Å². The van der Waals surface area contributed by atoms with Crippen LogP contribution in [-0.4, -0.2) is 35.9 Å². The molecule has 0 saturated heterocycles. The third-order valence-corrected chi connectivity index (χ3v) is 3.37. The number of hydrogen-bond acceptors (Lipinski definition) is 3. The summed E-state index contributed by atoms with van der Waals surface area (Å²) < 4.78 is 1.74. The molecule has 3 rings (SSSR count). The molecule has 5 nitrogen and oxygen atoms in total. The summed E-state index contributed by atoms with van der Waals surface area (Å²) in [6.45, 7) is 0.377. The summed E-state index contributed by atoms with van der Waals surface area (Å²) >= 11 is 0. The van der Waals surface area contributed by atoms with E-state index in [0.29, 0.717) is 12.1 Å². The Morgan fingerprint density at radius 1 is 1.24 bits per heavy atom. The van der Waals surface area contributed by atoms with Crippen LogP contribution in [0.15, 0.2) is 48.7 Å². The number of nitrogens with zero attached hydrogens (tertiary/aromatic N) is 3. The summed E-state index contributed by atoms with van der Waals surface area (Å²) in [6, 6.07) is 13.6. The molecule has 21 heavy (non-hydrogen) atoms. The molecular weight excluding hydrogens is 262 g/mol. The van der Waals surface area contributed by atoms with E-state index in [2.05, 4.69) is 15.6 Å². The van der Waals surface area contributed by atoms with Gasteiger partial charge in [0.05, 0.1) is 14.3 Å². The van der Waals surface area contributed by atoms with E-state index >= 15 is 0 Å². The highest BCUT2D eigenvalue weighted by atomic mass is 16.1. The molecule has 1 amide bonds. The van der Waals surface area contributed by atoms with Gasteiger partial charge in [-0.1, -0.05) is 41.6 Å². The molecular formula is C14H14B2N4O. The molecule has 0 fully saturated rings. The molecule has 1 heterocycles. The summed E-state index contributed by atoms with van der Waals surface area (Å²) in [4.78, 5) is 12.3. The number of carbonyl (C=O) groups excluding carboxylic acids is 1. The maximum absolute atomic E-state index is 12.3. The number of rotatable bonds is 4. The Balaban J connectivity index is 1.78. The molecule has 3 aromatic rings. The lowest BCUT2D eigenvalue weighted by molar-refractivity contribution is 0.0952. The highest BCUT2D eigenvalue weighted by Gasteiger charge is 2.10. The van der Waals surface area contributed by atoms with E-state index < -0.39 is 0 Å². The van der Waals surface area contributed by atoms with Crippen molar-refractivity contribution in [2.45, 2.75) is 6.54 Å². The van der Waals surface area contributed by atoms with Crippen molar-refractivity contribution in [3.63, 3.8) is 0 Å². The Bertz CT molecular complexity index is 782. The zero-order valence-electron chi connectivity index (χ0n) is 11.8. The van der Waals surface area contributed by atoms with Gasteiger partial charge in [0.25, 0.3) is 5.91 Å². The summed E-state index contributed by atoms with van der Waals surface area (Å²) in [5, 5.41) is 12.9. The third kappa shape index (κ3) is 2.81. The average molecular weight is 276 g/mol. The van der Waals surface area contributed by atoms with Crippen molar-refractivity contribution >= 4 is 31.7 Å². The molecule has 0 aliphatic heterocycles. The Morgan fingerprint density at radius 3 is 2.86 bits per heavy atom. The van der Waals surface area contributed by atoms with Gasteiger partial charge < -0.3 is 9.91 Å².